The standard InChI is InChI=1S/C17H21ClN2O3/c1-10(21)19-15-8-16(14-7-6-13(14)15)20-17(22)9-23-12-4-2-11(18)3-5-12/h2-5,13-16H,6-9H2,1H3,(H,19,21)(H,20,22)/t13?,14?,15-,16?/m0/s1. The van der Waals surface area contributed by atoms with Crippen molar-refractivity contribution < 1.29 is 14.3 Å². The van der Waals surface area contributed by atoms with Gasteiger partial charge in [0.2, 0.25) is 5.91 Å². The van der Waals surface area contributed by atoms with Crippen LogP contribution in [0.5, 0.6) is 5.75 Å². The Balaban J connectivity index is 1.48. The molecule has 6 heteroatoms. The first-order valence-electron chi connectivity index (χ1n) is 7.98. The lowest BCUT2D eigenvalue weighted by Crippen LogP contribution is -2.44. The van der Waals surface area contributed by atoms with Crippen molar-refractivity contribution in [1.29, 1.82) is 0 Å². The van der Waals surface area contributed by atoms with E-state index < -0.39 is 0 Å². The second kappa shape index (κ2) is 6.79. The van der Waals surface area contributed by atoms with Crippen LogP contribution in [0.15, 0.2) is 24.3 Å². The average molecular weight is 337 g/mol. The smallest absolute Gasteiger partial charge is 0.258 e. The quantitative estimate of drug-likeness (QED) is 0.865. The molecule has 2 N–H and O–H groups in total. The van der Waals surface area contributed by atoms with Crippen LogP contribution in [0, 0.1) is 11.8 Å². The van der Waals surface area contributed by atoms with Crippen molar-refractivity contribution >= 4 is 23.4 Å². The van der Waals surface area contributed by atoms with Crippen molar-refractivity contribution in [2.75, 3.05) is 6.61 Å². The van der Waals surface area contributed by atoms with Gasteiger partial charge >= 0.3 is 0 Å². The molecular formula is C17H21ClN2O3. The minimum absolute atomic E-state index is 0.00121. The maximum Gasteiger partial charge on any atom is 0.258 e. The van der Waals surface area contributed by atoms with Crippen molar-refractivity contribution in [3.63, 3.8) is 0 Å². The molecule has 0 aromatic heterocycles. The van der Waals surface area contributed by atoms with E-state index in [1.165, 1.54) is 0 Å². The van der Waals surface area contributed by atoms with E-state index in [0.29, 0.717) is 22.6 Å². The van der Waals surface area contributed by atoms with Crippen molar-refractivity contribution in [3.8, 4) is 5.75 Å². The third-order valence-corrected chi connectivity index (χ3v) is 5.10. The molecular weight excluding hydrogens is 316 g/mol. The fourth-order valence-electron chi connectivity index (χ4n) is 3.70. The molecule has 2 aliphatic carbocycles. The Kier molecular flexibility index (Phi) is 4.76. The number of amides is 2. The van der Waals surface area contributed by atoms with Gasteiger partial charge in [0.25, 0.3) is 5.91 Å². The van der Waals surface area contributed by atoms with Gasteiger partial charge in [0.05, 0.1) is 0 Å². The number of hydrogen-bond acceptors (Lipinski definition) is 3. The number of hydrogen-bond donors (Lipinski definition) is 2. The van der Waals surface area contributed by atoms with Crippen LogP contribution in [0.4, 0.5) is 0 Å². The molecule has 0 aliphatic heterocycles. The highest BCUT2D eigenvalue weighted by Gasteiger charge is 2.49. The molecule has 0 bridgehead atoms. The largest absolute Gasteiger partial charge is 0.484 e. The van der Waals surface area contributed by atoms with Crippen molar-refractivity contribution in [3.05, 3.63) is 29.3 Å². The van der Waals surface area contributed by atoms with Crippen LogP contribution in [0.1, 0.15) is 26.2 Å². The third-order valence-electron chi connectivity index (χ3n) is 4.84. The molecule has 0 radical (unpaired) electrons. The van der Waals surface area contributed by atoms with Gasteiger partial charge in [0, 0.05) is 24.0 Å². The maximum atomic E-state index is 12.1. The fraction of sp³-hybridized carbons (Fsp3) is 0.529. The molecule has 0 heterocycles. The van der Waals surface area contributed by atoms with Gasteiger partial charge in [0.15, 0.2) is 6.61 Å². The van der Waals surface area contributed by atoms with Gasteiger partial charge in [-0.05, 0) is 55.4 Å². The SMILES string of the molecule is CC(=O)N[C@H]1CC(NC(=O)COc2ccc(Cl)cc2)C2CCC21. The van der Waals surface area contributed by atoms with E-state index in [1.807, 2.05) is 0 Å². The van der Waals surface area contributed by atoms with Crippen LogP contribution < -0.4 is 15.4 Å². The molecule has 3 rings (SSSR count). The molecule has 4 atom stereocenters. The summed E-state index contributed by atoms with van der Waals surface area (Å²) in [7, 11) is 0. The van der Waals surface area contributed by atoms with Crippen LogP contribution in [0.2, 0.25) is 5.02 Å². The number of carbonyl (C=O) groups excluding carboxylic acids is 2. The van der Waals surface area contributed by atoms with Gasteiger partial charge in [-0.2, -0.15) is 0 Å². The van der Waals surface area contributed by atoms with Crippen LogP contribution in [0.25, 0.3) is 0 Å². The van der Waals surface area contributed by atoms with E-state index in [-0.39, 0.29) is 30.5 Å². The average Bonchev–Trinajstić information content (AvgIpc) is 2.66. The Bertz CT molecular complexity index is 590. The highest BCUT2D eigenvalue weighted by molar-refractivity contribution is 6.30. The lowest BCUT2D eigenvalue weighted by atomic mass is 9.73. The second-order valence-electron chi connectivity index (χ2n) is 6.36. The monoisotopic (exact) mass is 336 g/mol. The first-order valence-corrected chi connectivity index (χ1v) is 8.35. The molecule has 2 fully saturated rings. The number of rotatable bonds is 5. The van der Waals surface area contributed by atoms with Gasteiger partial charge < -0.3 is 15.4 Å². The number of benzene rings is 1. The zero-order valence-corrected chi connectivity index (χ0v) is 13.8. The molecule has 2 amide bonds. The van der Waals surface area contributed by atoms with Crippen LogP contribution >= 0.6 is 11.6 Å². The number of halogens is 1. The summed E-state index contributed by atoms with van der Waals surface area (Å²) in [6.07, 6.45) is 3.05. The topological polar surface area (TPSA) is 67.4 Å². The lowest BCUT2D eigenvalue weighted by molar-refractivity contribution is -0.124. The zero-order valence-electron chi connectivity index (χ0n) is 13.0. The van der Waals surface area contributed by atoms with E-state index in [1.54, 1.807) is 31.2 Å². The van der Waals surface area contributed by atoms with E-state index in [2.05, 4.69) is 10.6 Å². The molecule has 2 aliphatic rings. The van der Waals surface area contributed by atoms with Crippen molar-refractivity contribution in [1.82, 2.24) is 10.6 Å². The molecule has 3 unspecified atom stereocenters. The predicted molar refractivity (Wildman–Crippen MR) is 87.3 cm³/mol. The van der Waals surface area contributed by atoms with Gasteiger partial charge in [-0.15, -0.1) is 0 Å². The van der Waals surface area contributed by atoms with Crippen LogP contribution in [-0.4, -0.2) is 30.5 Å². The zero-order chi connectivity index (χ0) is 16.4. The number of nitrogens with one attached hydrogen (secondary N) is 2. The van der Waals surface area contributed by atoms with Crippen LogP contribution in [-0.2, 0) is 9.59 Å². The Morgan fingerprint density at radius 3 is 2.30 bits per heavy atom. The van der Waals surface area contributed by atoms with Crippen LogP contribution in [0.3, 0.4) is 0 Å². The van der Waals surface area contributed by atoms with Crippen molar-refractivity contribution in [2.24, 2.45) is 11.8 Å². The molecule has 1 aromatic rings. The maximum absolute atomic E-state index is 12.1. The lowest BCUT2D eigenvalue weighted by Gasteiger charge is -2.36. The Morgan fingerprint density at radius 2 is 1.74 bits per heavy atom. The summed E-state index contributed by atoms with van der Waals surface area (Å²) < 4.78 is 5.46. The number of fused-ring (bicyclic) bond motifs is 1. The fourth-order valence-corrected chi connectivity index (χ4v) is 3.82. The van der Waals surface area contributed by atoms with E-state index in [0.717, 1.165) is 19.3 Å². The summed E-state index contributed by atoms with van der Waals surface area (Å²) in [5.74, 6) is 1.47. The highest BCUT2D eigenvalue weighted by atomic mass is 35.5. The molecule has 23 heavy (non-hydrogen) atoms. The van der Waals surface area contributed by atoms with Gasteiger partial charge in [0.1, 0.15) is 5.75 Å². The third kappa shape index (κ3) is 3.78. The summed E-state index contributed by atoms with van der Waals surface area (Å²) in [6.45, 7) is 1.53. The van der Waals surface area contributed by atoms with Gasteiger partial charge in [-0.1, -0.05) is 11.6 Å². The summed E-state index contributed by atoms with van der Waals surface area (Å²) in [4.78, 5) is 23.4. The molecule has 124 valence electrons. The van der Waals surface area contributed by atoms with E-state index in [9.17, 15) is 9.59 Å². The molecule has 0 spiro atoms. The van der Waals surface area contributed by atoms with Gasteiger partial charge in [-0.3, -0.25) is 9.59 Å². The summed E-state index contributed by atoms with van der Waals surface area (Å²) >= 11 is 5.81. The molecule has 0 saturated heterocycles. The Labute approximate surface area is 140 Å². The minimum atomic E-state index is -0.126. The Hall–Kier alpha value is -1.75. The molecule has 5 nitrogen and oxygen atoms in total. The first kappa shape index (κ1) is 16.1. The van der Waals surface area contributed by atoms with Crippen molar-refractivity contribution in [2.45, 2.75) is 38.3 Å². The van der Waals surface area contributed by atoms with Gasteiger partial charge in [-0.25, -0.2) is 0 Å². The normalized spacial score (nSPS) is 28.4. The minimum Gasteiger partial charge on any atom is -0.484 e. The number of carbonyl (C=O) groups is 2. The summed E-state index contributed by atoms with van der Waals surface area (Å²) in [6, 6.07) is 7.24. The predicted octanol–water partition coefficient (Wildman–Crippen LogP) is 2.14. The highest BCUT2D eigenvalue weighted by Crippen LogP contribution is 2.47. The molecule has 2 saturated carbocycles. The Morgan fingerprint density at radius 1 is 1.13 bits per heavy atom. The molecule has 1 aromatic carbocycles. The summed E-state index contributed by atoms with van der Waals surface area (Å²) in [5.41, 5.74) is 0. The summed E-state index contributed by atoms with van der Waals surface area (Å²) in [5, 5.41) is 6.69. The van der Waals surface area contributed by atoms with E-state index in [4.69, 9.17) is 16.3 Å². The first-order chi connectivity index (χ1) is 11.0. The second-order valence-corrected chi connectivity index (χ2v) is 6.80. The van der Waals surface area contributed by atoms with E-state index >= 15 is 0 Å². The number of ether oxygens (including phenoxy) is 1.